The summed E-state index contributed by atoms with van der Waals surface area (Å²) in [6.45, 7) is 5.13. The number of nitrogens with zero attached hydrogens (tertiary/aromatic N) is 6. The van der Waals surface area contributed by atoms with E-state index in [0.717, 1.165) is 41.4 Å². The van der Waals surface area contributed by atoms with E-state index in [0.29, 0.717) is 5.92 Å². The van der Waals surface area contributed by atoms with Crippen molar-refractivity contribution >= 4 is 11.6 Å². The SMILES string of the molecule is Cc1nnn2c1-c1ccc(-c3cnn(C)c3)cc1C(N(C)C1=CC=C(Cl)CC1C)CC2. The summed E-state index contributed by atoms with van der Waals surface area (Å²) in [4.78, 5) is 2.44. The van der Waals surface area contributed by atoms with Gasteiger partial charge in [0.15, 0.2) is 0 Å². The second kappa shape index (κ2) is 7.68. The Balaban J connectivity index is 1.65. The molecule has 0 saturated heterocycles. The van der Waals surface area contributed by atoms with E-state index in [-0.39, 0.29) is 6.04 Å². The van der Waals surface area contributed by atoms with E-state index in [1.54, 1.807) is 0 Å². The number of hydrogen-bond acceptors (Lipinski definition) is 4. The van der Waals surface area contributed by atoms with Crippen LogP contribution in [0.2, 0.25) is 0 Å². The maximum atomic E-state index is 6.30. The average Bonchev–Trinajstić information content (AvgIpc) is 3.29. The first kappa shape index (κ1) is 20.1. The van der Waals surface area contributed by atoms with Crippen molar-refractivity contribution in [3.63, 3.8) is 0 Å². The van der Waals surface area contributed by atoms with Crippen LogP contribution in [0.15, 0.2) is 53.5 Å². The molecule has 3 aromatic rings. The molecule has 0 radical (unpaired) electrons. The molecule has 0 spiro atoms. The monoisotopic (exact) mass is 434 g/mol. The molecule has 1 aromatic carbocycles. The molecule has 2 unspecified atom stereocenters. The fourth-order valence-electron chi connectivity index (χ4n) is 4.95. The molecule has 3 heterocycles. The minimum Gasteiger partial charge on any atom is -0.371 e. The molecule has 0 amide bonds. The van der Waals surface area contributed by atoms with Crippen molar-refractivity contribution in [1.29, 1.82) is 0 Å². The second-order valence-electron chi connectivity index (χ2n) is 8.68. The van der Waals surface area contributed by atoms with Crippen molar-refractivity contribution in [2.45, 2.75) is 39.3 Å². The zero-order valence-electron chi connectivity index (χ0n) is 18.4. The average molecular weight is 435 g/mol. The topological polar surface area (TPSA) is 51.8 Å². The second-order valence-corrected chi connectivity index (χ2v) is 9.16. The van der Waals surface area contributed by atoms with Gasteiger partial charge in [-0.15, -0.1) is 5.10 Å². The lowest BCUT2D eigenvalue weighted by atomic mass is 9.90. The Bertz CT molecular complexity index is 1200. The summed E-state index contributed by atoms with van der Waals surface area (Å²) >= 11 is 6.30. The summed E-state index contributed by atoms with van der Waals surface area (Å²) in [6.07, 6.45) is 10.0. The van der Waals surface area contributed by atoms with Gasteiger partial charge in [0.25, 0.3) is 0 Å². The summed E-state index contributed by atoms with van der Waals surface area (Å²) in [5, 5.41) is 14.1. The predicted molar refractivity (Wildman–Crippen MR) is 123 cm³/mol. The normalized spacial score (nSPS) is 20.4. The summed E-state index contributed by atoms with van der Waals surface area (Å²) in [7, 11) is 4.16. The zero-order chi connectivity index (χ0) is 21.7. The minimum atomic E-state index is 0.228. The molecule has 160 valence electrons. The molecule has 0 fully saturated rings. The van der Waals surface area contributed by atoms with E-state index in [1.165, 1.54) is 22.4 Å². The van der Waals surface area contributed by atoms with Crippen LogP contribution in [0, 0.1) is 12.8 Å². The first-order valence-electron chi connectivity index (χ1n) is 10.7. The molecule has 2 aromatic heterocycles. The number of rotatable bonds is 3. The van der Waals surface area contributed by atoms with Gasteiger partial charge < -0.3 is 4.90 Å². The van der Waals surface area contributed by atoms with Crippen molar-refractivity contribution in [3.05, 3.63) is 64.7 Å². The van der Waals surface area contributed by atoms with Crippen molar-refractivity contribution < 1.29 is 0 Å². The smallest absolute Gasteiger partial charge is 0.0918 e. The predicted octanol–water partition coefficient (Wildman–Crippen LogP) is 5.08. The Labute approximate surface area is 187 Å². The van der Waals surface area contributed by atoms with Gasteiger partial charge in [0.2, 0.25) is 0 Å². The van der Waals surface area contributed by atoms with Crippen molar-refractivity contribution in [2.75, 3.05) is 7.05 Å². The molecular formula is C24H27ClN6. The lowest BCUT2D eigenvalue weighted by Gasteiger charge is -2.36. The molecule has 5 rings (SSSR count). The van der Waals surface area contributed by atoms with E-state index in [4.69, 9.17) is 11.6 Å². The van der Waals surface area contributed by atoms with Crippen LogP contribution < -0.4 is 0 Å². The van der Waals surface area contributed by atoms with Crippen LogP contribution >= 0.6 is 11.6 Å². The summed E-state index contributed by atoms with van der Waals surface area (Å²) < 4.78 is 3.90. The molecule has 2 atom stereocenters. The highest BCUT2D eigenvalue weighted by Crippen LogP contribution is 2.42. The van der Waals surface area contributed by atoms with E-state index in [9.17, 15) is 0 Å². The van der Waals surface area contributed by atoms with Gasteiger partial charge in [0.1, 0.15) is 0 Å². The number of benzene rings is 1. The van der Waals surface area contributed by atoms with Gasteiger partial charge in [0.05, 0.1) is 23.6 Å². The Morgan fingerprint density at radius 2 is 2.03 bits per heavy atom. The molecule has 1 aliphatic heterocycles. The molecule has 6 nitrogen and oxygen atoms in total. The van der Waals surface area contributed by atoms with Gasteiger partial charge in [-0.05, 0) is 49.1 Å². The molecule has 7 heteroatoms. The van der Waals surface area contributed by atoms with E-state index in [2.05, 4.69) is 69.4 Å². The van der Waals surface area contributed by atoms with Crippen molar-refractivity contribution in [2.24, 2.45) is 13.0 Å². The number of halogens is 1. The van der Waals surface area contributed by atoms with Crippen LogP contribution in [0.1, 0.15) is 37.1 Å². The highest BCUT2D eigenvalue weighted by molar-refractivity contribution is 6.29. The highest BCUT2D eigenvalue weighted by atomic mass is 35.5. The molecule has 1 aliphatic carbocycles. The van der Waals surface area contributed by atoms with E-state index in [1.807, 2.05) is 30.9 Å². The fourth-order valence-corrected chi connectivity index (χ4v) is 5.24. The maximum absolute atomic E-state index is 6.30. The zero-order valence-corrected chi connectivity index (χ0v) is 19.1. The molecule has 0 N–H and O–H groups in total. The van der Waals surface area contributed by atoms with Gasteiger partial charge in [-0.25, -0.2) is 4.68 Å². The third-order valence-corrected chi connectivity index (χ3v) is 6.82. The maximum Gasteiger partial charge on any atom is 0.0918 e. The fraction of sp³-hybridized carbons (Fsp3) is 0.375. The highest BCUT2D eigenvalue weighted by Gasteiger charge is 2.30. The standard InChI is InChI=1S/C24H27ClN6/c1-15-11-19(25)6-8-22(15)30(4)23-9-10-31-24(16(2)27-28-31)20-7-5-17(12-21(20)23)18-13-26-29(3)14-18/h5-8,12-15,23H,9-11H2,1-4H3. The third-order valence-electron chi connectivity index (χ3n) is 6.54. The number of aromatic nitrogens is 5. The van der Waals surface area contributed by atoms with Gasteiger partial charge >= 0.3 is 0 Å². The molecular weight excluding hydrogens is 408 g/mol. The van der Waals surface area contributed by atoms with Crippen LogP contribution in [-0.2, 0) is 13.6 Å². The van der Waals surface area contributed by atoms with Crippen LogP contribution in [-0.4, -0.2) is 36.7 Å². The number of fused-ring (bicyclic) bond motifs is 3. The van der Waals surface area contributed by atoms with Crippen molar-refractivity contribution in [1.82, 2.24) is 29.7 Å². The van der Waals surface area contributed by atoms with Crippen LogP contribution in [0.4, 0.5) is 0 Å². The van der Waals surface area contributed by atoms with Gasteiger partial charge in [0, 0.05) is 54.6 Å². The summed E-state index contributed by atoms with van der Waals surface area (Å²) in [6, 6.07) is 6.96. The Morgan fingerprint density at radius 3 is 2.77 bits per heavy atom. The first-order chi connectivity index (χ1) is 14.9. The van der Waals surface area contributed by atoms with Crippen LogP contribution in [0.25, 0.3) is 22.4 Å². The van der Waals surface area contributed by atoms with Gasteiger partial charge in [-0.1, -0.05) is 35.9 Å². The third kappa shape index (κ3) is 3.49. The number of hydrogen-bond donors (Lipinski definition) is 0. The van der Waals surface area contributed by atoms with E-state index < -0.39 is 0 Å². The van der Waals surface area contributed by atoms with Crippen LogP contribution in [0.3, 0.4) is 0 Å². The Kier molecular flexibility index (Phi) is 4.97. The van der Waals surface area contributed by atoms with Gasteiger partial charge in [-0.2, -0.15) is 5.10 Å². The van der Waals surface area contributed by atoms with Gasteiger partial charge in [-0.3, -0.25) is 4.68 Å². The lowest BCUT2D eigenvalue weighted by Crippen LogP contribution is -2.29. The van der Waals surface area contributed by atoms with Crippen LogP contribution in [0.5, 0.6) is 0 Å². The molecule has 2 aliphatic rings. The quantitative estimate of drug-likeness (QED) is 0.577. The molecule has 0 saturated carbocycles. The summed E-state index contributed by atoms with van der Waals surface area (Å²) in [5.41, 5.74) is 8.23. The number of aryl methyl sites for hydroxylation is 3. The summed E-state index contributed by atoms with van der Waals surface area (Å²) in [5.74, 6) is 0.385. The first-order valence-corrected chi connectivity index (χ1v) is 11.1. The number of allylic oxidation sites excluding steroid dienone is 4. The van der Waals surface area contributed by atoms with E-state index >= 15 is 0 Å². The Hall–Kier alpha value is -2.86. The molecule has 0 bridgehead atoms. The minimum absolute atomic E-state index is 0.228. The van der Waals surface area contributed by atoms with Crippen molar-refractivity contribution in [3.8, 4) is 22.4 Å². The lowest BCUT2D eigenvalue weighted by molar-refractivity contribution is 0.255. The Morgan fingerprint density at radius 1 is 1.19 bits per heavy atom. The molecule has 31 heavy (non-hydrogen) atoms. The largest absolute Gasteiger partial charge is 0.371 e.